The molecule has 1 aromatic rings. The van der Waals surface area contributed by atoms with Crippen LogP contribution < -0.4 is 5.32 Å². The highest BCUT2D eigenvalue weighted by atomic mass is 16.6. The molecule has 1 aromatic heterocycles. The lowest BCUT2D eigenvalue weighted by molar-refractivity contribution is 0.0450. The fraction of sp³-hybridized carbons (Fsp3) is 0.667. The van der Waals surface area contributed by atoms with Crippen LogP contribution in [0.15, 0.2) is 6.07 Å². The SMILES string of the molecule is Cn1nc(C2(NC(=O)OC(C)(C)C)CCCC2)cc1C(=O)O. The summed E-state index contributed by atoms with van der Waals surface area (Å²) >= 11 is 0. The third kappa shape index (κ3) is 3.40. The van der Waals surface area contributed by atoms with Gasteiger partial charge in [-0.25, -0.2) is 9.59 Å². The van der Waals surface area contributed by atoms with Crippen LogP contribution in [0.4, 0.5) is 4.79 Å². The lowest BCUT2D eigenvalue weighted by Crippen LogP contribution is -2.46. The average molecular weight is 309 g/mol. The van der Waals surface area contributed by atoms with Gasteiger partial charge in [-0.15, -0.1) is 0 Å². The topological polar surface area (TPSA) is 93.5 Å². The van der Waals surface area contributed by atoms with Crippen LogP contribution in [-0.2, 0) is 17.3 Å². The first-order chi connectivity index (χ1) is 10.1. The van der Waals surface area contributed by atoms with Gasteiger partial charge in [-0.3, -0.25) is 4.68 Å². The summed E-state index contributed by atoms with van der Waals surface area (Å²) in [5.41, 5.74) is -0.545. The minimum atomic E-state index is -1.04. The van der Waals surface area contributed by atoms with Gasteiger partial charge < -0.3 is 15.2 Å². The van der Waals surface area contributed by atoms with Gasteiger partial charge in [0.25, 0.3) is 0 Å². The molecule has 0 aromatic carbocycles. The van der Waals surface area contributed by atoms with Crippen molar-refractivity contribution in [1.82, 2.24) is 15.1 Å². The van der Waals surface area contributed by atoms with Crippen molar-refractivity contribution in [3.63, 3.8) is 0 Å². The Balaban J connectivity index is 2.27. The number of ether oxygens (including phenoxy) is 1. The largest absolute Gasteiger partial charge is 0.477 e. The average Bonchev–Trinajstić information content (AvgIpc) is 2.94. The van der Waals surface area contributed by atoms with E-state index < -0.39 is 23.2 Å². The molecule has 0 saturated heterocycles. The van der Waals surface area contributed by atoms with Gasteiger partial charge in [0.1, 0.15) is 11.3 Å². The van der Waals surface area contributed by atoms with Crippen molar-refractivity contribution < 1.29 is 19.4 Å². The Morgan fingerprint density at radius 3 is 2.41 bits per heavy atom. The number of hydrogen-bond donors (Lipinski definition) is 2. The van der Waals surface area contributed by atoms with Gasteiger partial charge in [-0.05, 0) is 39.7 Å². The molecular formula is C15H23N3O4. The molecule has 0 radical (unpaired) electrons. The molecule has 0 bridgehead atoms. The van der Waals surface area contributed by atoms with Gasteiger partial charge in [0.15, 0.2) is 0 Å². The molecule has 7 heteroatoms. The molecule has 1 aliphatic carbocycles. The monoisotopic (exact) mass is 309 g/mol. The highest BCUT2D eigenvalue weighted by Crippen LogP contribution is 2.38. The standard InChI is InChI=1S/C15H23N3O4/c1-14(2,3)22-13(21)16-15(7-5-6-8-15)11-9-10(12(19)20)18(4)17-11/h9H,5-8H2,1-4H3,(H,16,21)(H,19,20). The molecule has 2 rings (SSSR count). The van der Waals surface area contributed by atoms with Crippen molar-refractivity contribution in [2.75, 3.05) is 0 Å². The number of rotatable bonds is 3. The van der Waals surface area contributed by atoms with Crippen molar-refractivity contribution in [1.29, 1.82) is 0 Å². The quantitative estimate of drug-likeness (QED) is 0.894. The molecule has 1 heterocycles. The Bertz CT molecular complexity index is 580. The zero-order valence-electron chi connectivity index (χ0n) is 13.5. The van der Waals surface area contributed by atoms with E-state index in [4.69, 9.17) is 9.84 Å². The molecule has 1 fully saturated rings. The highest BCUT2D eigenvalue weighted by molar-refractivity contribution is 5.85. The number of carbonyl (C=O) groups is 2. The first-order valence-corrected chi connectivity index (χ1v) is 7.42. The van der Waals surface area contributed by atoms with Gasteiger partial charge in [0, 0.05) is 7.05 Å². The molecule has 7 nitrogen and oxygen atoms in total. The first kappa shape index (κ1) is 16.3. The number of nitrogens with zero attached hydrogens (tertiary/aromatic N) is 2. The van der Waals surface area contributed by atoms with Gasteiger partial charge in [-0.2, -0.15) is 5.10 Å². The molecule has 0 atom stereocenters. The zero-order valence-corrected chi connectivity index (χ0v) is 13.5. The molecule has 122 valence electrons. The van der Waals surface area contributed by atoms with Crippen LogP contribution in [0.2, 0.25) is 0 Å². The van der Waals surface area contributed by atoms with E-state index in [9.17, 15) is 9.59 Å². The van der Waals surface area contributed by atoms with E-state index in [1.807, 2.05) is 0 Å². The zero-order chi connectivity index (χ0) is 16.5. The number of aromatic carboxylic acids is 1. The van der Waals surface area contributed by atoms with E-state index in [1.54, 1.807) is 27.8 Å². The van der Waals surface area contributed by atoms with Crippen molar-refractivity contribution in [3.05, 3.63) is 17.5 Å². The Hall–Kier alpha value is -2.05. The number of hydrogen-bond acceptors (Lipinski definition) is 4. The van der Waals surface area contributed by atoms with E-state index in [0.29, 0.717) is 5.69 Å². The molecule has 0 aliphatic heterocycles. The molecule has 0 spiro atoms. The lowest BCUT2D eigenvalue weighted by atomic mass is 9.93. The number of carbonyl (C=O) groups excluding carboxylic acids is 1. The van der Waals surface area contributed by atoms with E-state index in [0.717, 1.165) is 25.7 Å². The van der Waals surface area contributed by atoms with Crippen LogP contribution in [0, 0.1) is 0 Å². The van der Waals surface area contributed by atoms with E-state index >= 15 is 0 Å². The summed E-state index contributed by atoms with van der Waals surface area (Å²) in [6.45, 7) is 5.41. The van der Waals surface area contributed by atoms with E-state index in [1.165, 1.54) is 10.7 Å². The van der Waals surface area contributed by atoms with Crippen LogP contribution in [-0.4, -0.2) is 32.6 Å². The summed E-state index contributed by atoms with van der Waals surface area (Å²) in [5, 5.41) is 16.4. The minimum absolute atomic E-state index is 0.104. The number of carboxylic acids is 1. The predicted molar refractivity (Wildman–Crippen MR) is 79.7 cm³/mol. The van der Waals surface area contributed by atoms with Gasteiger partial charge in [0.2, 0.25) is 0 Å². The van der Waals surface area contributed by atoms with Crippen molar-refractivity contribution in [2.45, 2.75) is 57.6 Å². The number of alkyl carbamates (subject to hydrolysis) is 1. The fourth-order valence-electron chi connectivity index (χ4n) is 2.82. The van der Waals surface area contributed by atoms with Crippen LogP contribution in [0.25, 0.3) is 0 Å². The summed E-state index contributed by atoms with van der Waals surface area (Å²) in [4.78, 5) is 23.3. The van der Waals surface area contributed by atoms with E-state index in [2.05, 4.69) is 10.4 Å². The first-order valence-electron chi connectivity index (χ1n) is 7.42. The third-order valence-electron chi connectivity index (χ3n) is 3.79. The lowest BCUT2D eigenvalue weighted by Gasteiger charge is -2.30. The number of aromatic nitrogens is 2. The number of carboxylic acid groups (broad SMARTS) is 1. The summed E-state index contributed by atoms with van der Waals surface area (Å²) in [6.07, 6.45) is 2.85. The molecular weight excluding hydrogens is 286 g/mol. The van der Waals surface area contributed by atoms with Gasteiger partial charge in [0.05, 0.1) is 11.2 Å². The minimum Gasteiger partial charge on any atom is -0.477 e. The van der Waals surface area contributed by atoms with Crippen LogP contribution in [0.1, 0.15) is 62.6 Å². The van der Waals surface area contributed by atoms with Gasteiger partial charge in [-0.1, -0.05) is 12.8 Å². The van der Waals surface area contributed by atoms with Crippen molar-refractivity contribution in [3.8, 4) is 0 Å². The maximum atomic E-state index is 12.1. The Labute approximate surface area is 129 Å². The maximum Gasteiger partial charge on any atom is 0.408 e. The summed E-state index contributed by atoms with van der Waals surface area (Å²) in [6, 6.07) is 1.53. The van der Waals surface area contributed by atoms with Gasteiger partial charge >= 0.3 is 12.1 Å². The van der Waals surface area contributed by atoms with Crippen molar-refractivity contribution >= 4 is 12.1 Å². The summed E-state index contributed by atoms with van der Waals surface area (Å²) < 4.78 is 6.66. The van der Waals surface area contributed by atoms with E-state index in [-0.39, 0.29) is 5.69 Å². The van der Waals surface area contributed by atoms with Crippen molar-refractivity contribution in [2.24, 2.45) is 7.05 Å². The molecule has 1 amide bonds. The maximum absolute atomic E-state index is 12.1. The summed E-state index contributed by atoms with van der Waals surface area (Å²) in [7, 11) is 1.59. The second kappa shape index (κ2) is 5.62. The number of amides is 1. The molecule has 1 aliphatic rings. The summed E-state index contributed by atoms with van der Waals surface area (Å²) in [5.74, 6) is -1.04. The number of aryl methyl sites for hydroxylation is 1. The second-order valence-electron chi connectivity index (χ2n) is 6.76. The Kier molecular flexibility index (Phi) is 4.17. The molecule has 0 unspecified atom stereocenters. The van der Waals surface area contributed by atoms with Crippen LogP contribution in [0.3, 0.4) is 0 Å². The number of nitrogens with one attached hydrogen (secondary N) is 1. The van der Waals surface area contributed by atoms with Crippen LogP contribution in [0.5, 0.6) is 0 Å². The Morgan fingerprint density at radius 1 is 1.36 bits per heavy atom. The predicted octanol–water partition coefficient (Wildman–Crippen LogP) is 2.41. The third-order valence-corrected chi connectivity index (χ3v) is 3.79. The highest BCUT2D eigenvalue weighted by Gasteiger charge is 2.41. The molecule has 1 saturated carbocycles. The normalized spacial score (nSPS) is 17.3. The fourth-order valence-corrected chi connectivity index (χ4v) is 2.82. The molecule has 2 N–H and O–H groups in total. The smallest absolute Gasteiger partial charge is 0.408 e. The molecule has 22 heavy (non-hydrogen) atoms. The second-order valence-corrected chi connectivity index (χ2v) is 6.76. The van der Waals surface area contributed by atoms with Crippen LogP contribution >= 0.6 is 0 Å². The Morgan fingerprint density at radius 2 is 1.95 bits per heavy atom.